The molecule has 0 saturated heterocycles. The molecule has 5 nitrogen and oxygen atoms in total. The third kappa shape index (κ3) is 1.73. The van der Waals surface area contributed by atoms with Gasteiger partial charge in [-0.05, 0) is 6.07 Å². The first-order chi connectivity index (χ1) is 7.20. The van der Waals surface area contributed by atoms with Crippen molar-refractivity contribution < 1.29 is 14.4 Å². The summed E-state index contributed by atoms with van der Waals surface area (Å²) >= 11 is 1.31. The van der Waals surface area contributed by atoms with Crippen LogP contribution in [0.2, 0.25) is 0 Å². The summed E-state index contributed by atoms with van der Waals surface area (Å²) in [4.78, 5) is 11.2. The Morgan fingerprint density at radius 2 is 2.40 bits per heavy atom. The Hall–Kier alpha value is -2.13. The Labute approximate surface area is 88.2 Å². The van der Waals surface area contributed by atoms with E-state index >= 15 is 0 Å². The average molecular weight is 220 g/mol. The van der Waals surface area contributed by atoms with Crippen molar-refractivity contribution in [3.8, 4) is 16.6 Å². The van der Waals surface area contributed by atoms with Gasteiger partial charge >= 0.3 is 5.97 Å². The fraction of sp³-hybridized carbons (Fsp3) is 0. The smallest absolute Gasteiger partial charge is 0.374 e. The van der Waals surface area contributed by atoms with Crippen LogP contribution in [0.25, 0.3) is 10.6 Å². The quantitative estimate of drug-likeness (QED) is 0.835. The van der Waals surface area contributed by atoms with Crippen molar-refractivity contribution in [3.63, 3.8) is 0 Å². The molecule has 74 valence electrons. The van der Waals surface area contributed by atoms with Crippen LogP contribution in [0.5, 0.6) is 0 Å². The zero-order chi connectivity index (χ0) is 10.8. The molecular formula is C9H4N2O3S. The predicted octanol–water partition coefficient (Wildman–Crippen LogP) is 1.97. The zero-order valence-electron chi connectivity index (χ0n) is 7.30. The largest absolute Gasteiger partial charge is 0.475 e. The Morgan fingerprint density at radius 3 is 2.93 bits per heavy atom. The standard InChI is InChI=1S/C9H4N2O3S/c10-3-5-1-8(15-4-5)6-2-7(9(12)13)14-11-6/h1-2,4H,(H,12,13). The first-order valence-corrected chi connectivity index (χ1v) is 4.77. The van der Waals surface area contributed by atoms with Crippen molar-refractivity contribution in [2.24, 2.45) is 0 Å². The van der Waals surface area contributed by atoms with Crippen molar-refractivity contribution in [2.45, 2.75) is 0 Å². The number of aromatic carboxylic acids is 1. The summed E-state index contributed by atoms with van der Waals surface area (Å²) in [5, 5.41) is 22.5. The molecule has 15 heavy (non-hydrogen) atoms. The average Bonchev–Trinajstić information content (AvgIpc) is 2.86. The van der Waals surface area contributed by atoms with E-state index in [2.05, 4.69) is 9.68 Å². The number of carboxylic acids is 1. The minimum atomic E-state index is -1.16. The molecule has 2 rings (SSSR count). The van der Waals surface area contributed by atoms with E-state index in [1.807, 2.05) is 6.07 Å². The SMILES string of the molecule is N#Cc1csc(-c2cc(C(=O)O)on2)c1. The Bertz CT molecular complexity index is 550. The topological polar surface area (TPSA) is 87.1 Å². The van der Waals surface area contributed by atoms with Gasteiger partial charge in [-0.2, -0.15) is 5.26 Å². The summed E-state index contributed by atoms with van der Waals surface area (Å²) in [6.07, 6.45) is 0. The second-order valence-electron chi connectivity index (χ2n) is 2.69. The van der Waals surface area contributed by atoms with Crippen molar-refractivity contribution in [1.29, 1.82) is 5.26 Å². The number of hydrogen-bond donors (Lipinski definition) is 1. The molecule has 0 atom stereocenters. The zero-order valence-corrected chi connectivity index (χ0v) is 8.11. The molecule has 0 fully saturated rings. The van der Waals surface area contributed by atoms with E-state index in [9.17, 15) is 4.79 Å². The minimum absolute atomic E-state index is 0.211. The normalized spacial score (nSPS) is 9.80. The molecule has 0 unspecified atom stereocenters. The van der Waals surface area contributed by atoms with E-state index in [4.69, 9.17) is 10.4 Å². The van der Waals surface area contributed by atoms with Crippen LogP contribution in [0.1, 0.15) is 16.1 Å². The molecule has 0 amide bonds. The first kappa shape index (κ1) is 9.43. The van der Waals surface area contributed by atoms with Gasteiger partial charge < -0.3 is 9.63 Å². The van der Waals surface area contributed by atoms with Gasteiger partial charge in [-0.1, -0.05) is 5.16 Å². The van der Waals surface area contributed by atoms with E-state index in [1.165, 1.54) is 17.4 Å². The molecule has 0 saturated carbocycles. The fourth-order valence-electron chi connectivity index (χ4n) is 1.02. The highest BCUT2D eigenvalue weighted by atomic mass is 32.1. The van der Waals surface area contributed by atoms with Crippen LogP contribution in [0.4, 0.5) is 0 Å². The Morgan fingerprint density at radius 1 is 1.60 bits per heavy atom. The first-order valence-electron chi connectivity index (χ1n) is 3.89. The second-order valence-corrected chi connectivity index (χ2v) is 3.60. The van der Waals surface area contributed by atoms with E-state index in [-0.39, 0.29) is 5.76 Å². The summed E-state index contributed by atoms with van der Waals surface area (Å²) in [5.41, 5.74) is 0.953. The summed E-state index contributed by atoms with van der Waals surface area (Å²) in [7, 11) is 0. The molecule has 0 aliphatic rings. The van der Waals surface area contributed by atoms with E-state index in [1.54, 1.807) is 11.4 Å². The Balaban J connectivity index is 2.38. The van der Waals surface area contributed by atoms with E-state index < -0.39 is 5.97 Å². The van der Waals surface area contributed by atoms with Gasteiger partial charge in [-0.15, -0.1) is 11.3 Å². The molecule has 0 aliphatic carbocycles. The highest BCUT2D eigenvalue weighted by molar-refractivity contribution is 7.13. The lowest BCUT2D eigenvalue weighted by molar-refractivity contribution is 0.0652. The van der Waals surface area contributed by atoms with E-state index in [0.717, 1.165) is 0 Å². The van der Waals surface area contributed by atoms with Gasteiger partial charge in [0.05, 0.1) is 10.4 Å². The number of aromatic nitrogens is 1. The number of hydrogen-bond acceptors (Lipinski definition) is 5. The van der Waals surface area contributed by atoms with Gasteiger partial charge in [0.2, 0.25) is 5.76 Å². The van der Waals surface area contributed by atoms with Gasteiger partial charge in [0.25, 0.3) is 0 Å². The molecule has 0 radical (unpaired) electrons. The summed E-state index contributed by atoms with van der Waals surface area (Å²) in [6.45, 7) is 0. The van der Waals surface area contributed by atoms with Gasteiger partial charge in [-0.25, -0.2) is 4.79 Å². The maximum atomic E-state index is 10.5. The second kappa shape index (κ2) is 3.55. The number of thiophene rings is 1. The summed E-state index contributed by atoms with van der Waals surface area (Å²) in [5.74, 6) is -1.37. The fourth-order valence-corrected chi connectivity index (χ4v) is 1.81. The molecule has 2 aromatic heterocycles. The summed E-state index contributed by atoms with van der Waals surface area (Å²) in [6, 6.07) is 4.94. The lowest BCUT2D eigenvalue weighted by atomic mass is 10.3. The number of carboxylic acid groups (broad SMARTS) is 1. The molecule has 0 aliphatic heterocycles. The van der Waals surface area contributed by atoms with Gasteiger partial charge in [0.15, 0.2) is 0 Å². The van der Waals surface area contributed by atoms with Crippen molar-refractivity contribution >= 4 is 17.3 Å². The van der Waals surface area contributed by atoms with Crippen molar-refractivity contribution in [1.82, 2.24) is 5.16 Å². The van der Waals surface area contributed by atoms with Gasteiger partial charge in [-0.3, -0.25) is 0 Å². The van der Waals surface area contributed by atoms with Crippen LogP contribution in [-0.4, -0.2) is 16.2 Å². The molecule has 0 spiro atoms. The monoisotopic (exact) mass is 220 g/mol. The predicted molar refractivity (Wildman–Crippen MR) is 51.5 cm³/mol. The molecule has 2 heterocycles. The minimum Gasteiger partial charge on any atom is -0.475 e. The highest BCUT2D eigenvalue weighted by Crippen LogP contribution is 2.26. The van der Waals surface area contributed by atoms with Crippen molar-refractivity contribution in [2.75, 3.05) is 0 Å². The number of rotatable bonds is 2. The Kier molecular flexibility index (Phi) is 2.23. The third-order valence-corrected chi connectivity index (χ3v) is 2.65. The highest BCUT2D eigenvalue weighted by Gasteiger charge is 2.13. The molecule has 1 N–H and O–H groups in total. The maximum absolute atomic E-state index is 10.5. The van der Waals surface area contributed by atoms with Gasteiger partial charge in [0, 0.05) is 11.4 Å². The van der Waals surface area contributed by atoms with Crippen LogP contribution < -0.4 is 0 Å². The van der Waals surface area contributed by atoms with Crippen LogP contribution >= 0.6 is 11.3 Å². The van der Waals surface area contributed by atoms with Crippen molar-refractivity contribution in [3.05, 3.63) is 28.8 Å². The van der Waals surface area contributed by atoms with E-state index in [0.29, 0.717) is 16.1 Å². The number of nitriles is 1. The molecule has 0 aromatic carbocycles. The molecule has 6 heteroatoms. The molecular weight excluding hydrogens is 216 g/mol. The lowest BCUT2D eigenvalue weighted by Crippen LogP contribution is -1.91. The van der Waals surface area contributed by atoms with Crippen LogP contribution in [0.15, 0.2) is 22.0 Å². The lowest BCUT2D eigenvalue weighted by Gasteiger charge is -1.82. The molecule has 0 bridgehead atoms. The number of nitrogens with zero attached hydrogens (tertiary/aromatic N) is 2. The van der Waals surface area contributed by atoms with Crippen LogP contribution in [0.3, 0.4) is 0 Å². The van der Waals surface area contributed by atoms with Gasteiger partial charge in [0.1, 0.15) is 11.8 Å². The van der Waals surface area contributed by atoms with Crippen LogP contribution in [0, 0.1) is 11.3 Å². The number of carbonyl (C=O) groups is 1. The third-order valence-electron chi connectivity index (χ3n) is 1.70. The maximum Gasteiger partial charge on any atom is 0.374 e. The summed E-state index contributed by atoms with van der Waals surface area (Å²) < 4.78 is 4.60. The molecule has 2 aromatic rings. The van der Waals surface area contributed by atoms with Crippen LogP contribution in [-0.2, 0) is 0 Å².